The molecule has 0 unspecified atom stereocenters. The monoisotopic (exact) mass is 320 g/mol. The number of anilines is 2. The highest BCUT2D eigenvalue weighted by molar-refractivity contribution is 6.31. The molecule has 1 aliphatic rings. The summed E-state index contributed by atoms with van der Waals surface area (Å²) in [6.45, 7) is 0. The average Bonchev–Trinajstić information content (AvgIpc) is 2.42. The largest absolute Gasteiger partial charge is 0.397 e. The van der Waals surface area contributed by atoms with E-state index in [4.69, 9.17) is 17.3 Å². The molecule has 3 nitrogen and oxygen atoms in total. The molecule has 0 aliphatic heterocycles. The number of alkyl halides is 3. The second-order valence-corrected chi connectivity index (χ2v) is 5.75. The van der Waals surface area contributed by atoms with Crippen molar-refractivity contribution in [3.63, 3.8) is 0 Å². The highest BCUT2D eigenvalue weighted by Gasteiger charge is 2.42. The summed E-state index contributed by atoms with van der Waals surface area (Å²) in [5, 5.41) is 3.08. The first kappa shape index (κ1) is 15.9. The number of nitrogens with two attached hydrogens (primary N) is 1. The molecule has 2 rings (SSSR count). The van der Waals surface area contributed by atoms with E-state index in [9.17, 15) is 18.0 Å². The summed E-state index contributed by atoms with van der Waals surface area (Å²) in [6, 6.07) is 4.69. The quantitative estimate of drug-likeness (QED) is 0.801. The van der Waals surface area contributed by atoms with Crippen molar-refractivity contribution in [2.75, 3.05) is 11.1 Å². The molecule has 1 fully saturated rings. The van der Waals surface area contributed by atoms with Gasteiger partial charge in [-0.2, -0.15) is 13.2 Å². The fraction of sp³-hybridized carbons (Fsp3) is 0.500. The standard InChI is InChI=1S/C14H16ClF3N2O/c15-10-5-6-11(19)12(7-10)20-13(21)8-1-3-9(4-2-8)14(16,17)18/h5-9H,1-4,19H2,(H,20,21). The van der Waals surface area contributed by atoms with Crippen LogP contribution in [0.15, 0.2) is 18.2 Å². The van der Waals surface area contributed by atoms with Gasteiger partial charge in [0.2, 0.25) is 5.91 Å². The number of nitrogens with one attached hydrogen (secondary N) is 1. The van der Waals surface area contributed by atoms with Crippen LogP contribution in [0.2, 0.25) is 5.02 Å². The minimum atomic E-state index is -4.17. The molecular weight excluding hydrogens is 305 g/mol. The van der Waals surface area contributed by atoms with E-state index in [0.29, 0.717) is 16.4 Å². The second-order valence-electron chi connectivity index (χ2n) is 5.31. The maximum Gasteiger partial charge on any atom is 0.391 e. The van der Waals surface area contributed by atoms with Gasteiger partial charge in [-0.1, -0.05) is 11.6 Å². The van der Waals surface area contributed by atoms with Crippen LogP contribution in [-0.4, -0.2) is 12.1 Å². The minimum absolute atomic E-state index is 0.00733. The minimum Gasteiger partial charge on any atom is -0.397 e. The van der Waals surface area contributed by atoms with Crippen LogP contribution in [0.4, 0.5) is 24.5 Å². The number of carbonyl (C=O) groups is 1. The fourth-order valence-electron chi connectivity index (χ4n) is 2.55. The normalized spacial score (nSPS) is 22.9. The van der Waals surface area contributed by atoms with E-state index in [0.717, 1.165) is 0 Å². The van der Waals surface area contributed by atoms with Crippen LogP contribution in [0.25, 0.3) is 0 Å². The van der Waals surface area contributed by atoms with E-state index in [1.54, 1.807) is 12.1 Å². The topological polar surface area (TPSA) is 55.1 Å². The van der Waals surface area contributed by atoms with Crippen molar-refractivity contribution in [3.05, 3.63) is 23.2 Å². The van der Waals surface area contributed by atoms with E-state index >= 15 is 0 Å². The molecule has 7 heteroatoms. The van der Waals surface area contributed by atoms with Gasteiger partial charge in [0, 0.05) is 10.9 Å². The fourth-order valence-corrected chi connectivity index (χ4v) is 2.73. The Morgan fingerprint density at radius 1 is 1.24 bits per heavy atom. The Balaban J connectivity index is 1.95. The summed E-state index contributed by atoms with van der Waals surface area (Å²) in [7, 11) is 0. The number of carbonyl (C=O) groups excluding carboxylic acids is 1. The molecule has 0 radical (unpaired) electrons. The highest BCUT2D eigenvalue weighted by atomic mass is 35.5. The summed E-state index contributed by atoms with van der Waals surface area (Å²) in [6.07, 6.45) is -3.72. The number of hydrogen-bond acceptors (Lipinski definition) is 2. The van der Waals surface area contributed by atoms with Gasteiger partial charge in [0.25, 0.3) is 0 Å². The summed E-state index contributed by atoms with van der Waals surface area (Å²) in [5.74, 6) is -2.01. The van der Waals surface area contributed by atoms with E-state index in [1.165, 1.54) is 6.07 Å². The Bertz CT molecular complexity index is 525. The lowest BCUT2D eigenvalue weighted by molar-refractivity contribution is -0.184. The zero-order valence-corrected chi connectivity index (χ0v) is 12.0. The zero-order valence-electron chi connectivity index (χ0n) is 11.2. The predicted octanol–water partition coefficient (Wildman–Crippen LogP) is 4.23. The van der Waals surface area contributed by atoms with Crippen molar-refractivity contribution in [2.24, 2.45) is 11.8 Å². The van der Waals surface area contributed by atoms with Crippen molar-refractivity contribution in [1.82, 2.24) is 0 Å². The Morgan fingerprint density at radius 3 is 2.43 bits per heavy atom. The van der Waals surface area contributed by atoms with Crippen molar-refractivity contribution in [2.45, 2.75) is 31.9 Å². The number of rotatable bonds is 2. The van der Waals surface area contributed by atoms with Crippen molar-refractivity contribution in [1.29, 1.82) is 0 Å². The third kappa shape index (κ3) is 4.03. The smallest absolute Gasteiger partial charge is 0.391 e. The van der Waals surface area contributed by atoms with Crippen LogP contribution in [0, 0.1) is 11.8 Å². The molecule has 0 bridgehead atoms. The van der Waals surface area contributed by atoms with Crippen LogP contribution < -0.4 is 11.1 Å². The molecule has 0 atom stereocenters. The zero-order chi connectivity index (χ0) is 15.6. The Morgan fingerprint density at radius 2 is 1.86 bits per heavy atom. The predicted molar refractivity (Wildman–Crippen MR) is 76.0 cm³/mol. The van der Waals surface area contributed by atoms with Gasteiger partial charge < -0.3 is 11.1 Å². The molecule has 0 heterocycles. The SMILES string of the molecule is Nc1ccc(Cl)cc1NC(=O)C1CCC(C(F)(F)F)CC1. The first-order valence-electron chi connectivity index (χ1n) is 6.70. The first-order valence-corrected chi connectivity index (χ1v) is 7.08. The van der Waals surface area contributed by atoms with E-state index in [2.05, 4.69) is 5.32 Å². The number of nitrogen functional groups attached to an aromatic ring is 1. The lowest BCUT2D eigenvalue weighted by Crippen LogP contribution is -2.32. The third-order valence-electron chi connectivity index (χ3n) is 3.83. The van der Waals surface area contributed by atoms with Gasteiger partial charge in [-0.3, -0.25) is 4.79 Å². The number of halogens is 4. The first-order chi connectivity index (χ1) is 9.77. The van der Waals surface area contributed by atoms with Crippen LogP contribution in [0.3, 0.4) is 0 Å². The Kier molecular flexibility index (Phi) is 4.66. The van der Waals surface area contributed by atoms with Gasteiger partial charge in [0.1, 0.15) is 0 Å². The third-order valence-corrected chi connectivity index (χ3v) is 4.07. The van der Waals surface area contributed by atoms with Crippen LogP contribution in [-0.2, 0) is 4.79 Å². The van der Waals surface area contributed by atoms with E-state index in [-0.39, 0.29) is 31.6 Å². The van der Waals surface area contributed by atoms with Crippen LogP contribution in [0.1, 0.15) is 25.7 Å². The van der Waals surface area contributed by atoms with Gasteiger partial charge >= 0.3 is 6.18 Å². The van der Waals surface area contributed by atoms with Gasteiger partial charge in [-0.25, -0.2) is 0 Å². The van der Waals surface area contributed by atoms with Gasteiger partial charge in [0.15, 0.2) is 0 Å². The number of benzene rings is 1. The average molecular weight is 321 g/mol. The Hall–Kier alpha value is -1.43. The molecule has 1 saturated carbocycles. The highest BCUT2D eigenvalue weighted by Crippen LogP contribution is 2.39. The van der Waals surface area contributed by atoms with Crippen LogP contribution in [0.5, 0.6) is 0 Å². The molecule has 1 amide bonds. The maximum atomic E-state index is 12.6. The van der Waals surface area contributed by atoms with E-state index in [1.807, 2.05) is 0 Å². The number of amides is 1. The molecule has 1 aliphatic carbocycles. The molecule has 21 heavy (non-hydrogen) atoms. The van der Waals surface area contributed by atoms with Crippen molar-refractivity contribution >= 4 is 28.9 Å². The second kappa shape index (κ2) is 6.13. The Labute approximate surface area is 125 Å². The van der Waals surface area contributed by atoms with Crippen molar-refractivity contribution in [3.8, 4) is 0 Å². The van der Waals surface area contributed by atoms with Crippen LogP contribution >= 0.6 is 11.6 Å². The lowest BCUT2D eigenvalue weighted by atomic mass is 9.81. The molecule has 1 aromatic carbocycles. The summed E-state index contributed by atoms with van der Waals surface area (Å²) in [5.41, 5.74) is 6.49. The lowest BCUT2D eigenvalue weighted by Gasteiger charge is -2.29. The van der Waals surface area contributed by atoms with Gasteiger partial charge in [-0.15, -0.1) is 0 Å². The molecule has 0 saturated heterocycles. The molecule has 3 N–H and O–H groups in total. The summed E-state index contributed by atoms with van der Waals surface area (Å²) >= 11 is 5.82. The van der Waals surface area contributed by atoms with Gasteiger partial charge in [0.05, 0.1) is 17.3 Å². The van der Waals surface area contributed by atoms with Gasteiger partial charge in [-0.05, 0) is 43.9 Å². The van der Waals surface area contributed by atoms with Crippen molar-refractivity contribution < 1.29 is 18.0 Å². The molecule has 0 aromatic heterocycles. The summed E-state index contributed by atoms with van der Waals surface area (Å²) < 4.78 is 37.7. The molecule has 1 aromatic rings. The molecule has 0 spiro atoms. The molecule has 116 valence electrons. The number of hydrogen-bond donors (Lipinski definition) is 2. The molecular formula is C14H16ClF3N2O. The maximum absolute atomic E-state index is 12.6. The summed E-state index contributed by atoms with van der Waals surface area (Å²) in [4.78, 5) is 12.1. The van der Waals surface area contributed by atoms with E-state index < -0.39 is 18.0 Å².